The molecule has 0 amide bonds. The largest absolute Gasteiger partial charge is 0.286 e. The van der Waals surface area contributed by atoms with Crippen molar-refractivity contribution in [3.05, 3.63) is 0 Å². The summed E-state index contributed by atoms with van der Waals surface area (Å²) in [4.78, 5) is 0. The molecule has 3 atom stereocenters. The highest BCUT2D eigenvalue weighted by molar-refractivity contribution is 7.86. The standard InChI is InChI=1S/C8H18O6S4/c1-6(5-18(12,13)14)8(16)7(15)3-2-4-17(9,10)11/h6-8,15-16H,2-5H2,1H3,(H,9,10,11)(H,12,13,14). The van der Waals surface area contributed by atoms with E-state index in [2.05, 4.69) is 25.3 Å². The van der Waals surface area contributed by atoms with Crippen LogP contribution < -0.4 is 0 Å². The van der Waals surface area contributed by atoms with Gasteiger partial charge in [0, 0.05) is 10.5 Å². The predicted octanol–water partition coefficient (Wildman–Crippen LogP) is 0.775. The molecule has 110 valence electrons. The lowest BCUT2D eigenvalue weighted by Crippen LogP contribution is -2.29. The smallest absolute Gasteiger partial charge is 0.265 e. The molecule has 0 rings (SSSR count). The van der Waals surface area contributed by atoms with Crippen molar-refractivity contribution in [1.82, 2.24) is 0 Å². The Kier molecular flexibility index (Phi) is 7.55. The molecule has 0 aliphatic heterocycles. The third-order valence-corrected chi connectivity index (χ3v) is 5.79. The van der Waals surface area contributed by atoms with Crippen molar-refractivity contribution < 1.29 is 25.9 Å². The molecule has 10 heteroatoms. The van der Waals surface area contributed by atoms with Gasteiger partial charge in [-0.2, -0.15) is 42.1 Å². The Morgan fingerprint density at radius 2 is 1.56 bits per heavy atom. The first-order valence-electron chi connectivity index (χ1n) is 5.19. The monoisotopic (exact) mass is 338 g/mol. The summed E-state index contributed by atoms with van der Waals surface area (Å²) in [6, 6.07) is 0. The highest BCUT2D eigenvalue weighted by atomic mass is 32.2. The summed E-state index contributed by atoms with van der Waals surface area (Å²) < 4.78 is 59.7. The van der Waals surface area contributed by atoms with Gasteiger partial charge in [0.25, 0.3) is 20.2 Å². The van der Waals surface area contributed by atoms with Crippen molar-refractivity contribution in [2.75, 3.05) is 11.5 Å². The number of hydrogen-bond donors (Lipinski definition) is 4. The molecule has 18 heavy (non-hydrogen) atoms. The minimum absolute atomic E-state index is 0.211. The molecule has 0 fully saturated rings. The maximum Gasteiger partial charge on any atom is 0.265 e. The van der Waals surface area contributed by atoms with Crippen molar-refractivity contribution in [3.63, 3.8) is 0 Å². The van der Waals surface area contributed by atoms with Gasteiger partial charge < -0.3 is 0 Å². The van der Waals surface area contributed by atoms with Crippen LogP contribution in [0.4, 0.5) is 0 Å². The Morgan fingerprint density at radius 3 is 1.94 bits per heavy atom. The van der Waals surface area contributed by atoms with Gasteiger partial charge in [-0.15, -0.1) is 0 Å². The van der Waals surface area contributed by atoms with Crippen LogP contribution in [0.5, 0.6) is 0 Å². The molecule has 0 aliphatic rings. The lowest BCUT2D eigenvalue weighted by molar-refractivity contribution is 0.463. The fraction of sp³-hybridized carbons (Fsp3) is 1.00. The summed E-state index contributed by atoms with van der Waals surface area (Å²) in [5.74, 6) is -1.20. The fourth-order valence-electron chi connectivity index (χ4n) is 1.46. The van der Waals surface area contributed by atoms with E-state index in [-0.39, 0.29) is 17.4 Å². The molecule has 0 aromatic rings. The Balaban J connectivity index is 4.21. The Hall–Kier alpha value is 0.520. The summed E-state index contributed by atoms with van der Waals surface area (Å²) in [7, 11) is -8.05. The van der Waals surface area contributed by atoms with Crippen LogP contribution in [0.2, 0.25) is 0 Å². The molecule has 0 aliphatic carbocycles. The average molecular weight is 338 g/mol. The molecule has 0 aromatic carbocycles. The van der Waals surface area contributed by atoms with Gasteiger partial charge in [0.1, 0.15) is 0 Å². The normalized spacial score (nSPS) is 18.3. The van der Waals surface area contributed by atoms with Crippen molar-refractivity contribution in [2.45, 2.75) is 30.3 Å². The van der Waals surface area contributed by atoms with Gasteiger partial charge >= 0.3 is 0 Å². The van der Waals surface area contributed by atoms with E-state index >= 15 is 0 Å². The van der Waals surface area contributed by atoms with Crippen LogP contribution in [0.3, 0.4) is 0 Å². The maximum atomic E-state index is 10.7. The zero-order valence-electron chi connectivity index (χ0n) is 9.80. The van der Waals surface area contributed by atoms with Crippen LogP contribution in [-0.2, 0) is 20.2 Å². The third kappa shape index (κ3) is 9.45. The van der Waals surface area contributed by atoms with Crippen molar-refractivity contribution in [3.8, 4) is 0 Å². The minimum Gasteiger partial charge on any atom is -0.286 e. The van der Waals surface area contributed by atoms with Crippen molar-refractivity contribution in [2.24, 2.45) is 5.92 Å². The van der Waals surface area contributed by atoms with E-state index in [0.29, 0.717) is 6.42 Å². The van der Waals surface area contributed by atoms with Gasteiger partial charge in [-0.3, -0.25) is 9.11 Å². The van der Waals surface area contributed by atoms with Gasteiger partial charge in [-0.25, -0.2) is 0 Å². The molecular weight excluding hydrogens is 320 g/mol. The third-order valence-electron chi connectivity index (χ3n) is 2.35. The molecule has 0 bridgehead atoms. The Bertz CT molecular complexity index is 442. The van der Waals surface area contributed by atoms with E-state index in [1.165, 1.54) is 0 Å². The highest BCUT2D eigenvalue weighted by Crippen LogP contribution is 2.23. The molecular formula is C8H18O6S4. The minimum atomic E-state index is -4.06. The van der Waals surface area contributed by atoms with Crippen LogP contribution in [0.25, 0.3) is 0 Å². The first-order valence-corrected chi connectivity index (χ1v) is 9.44. The molecule has 3 unspecified atom stereocenters. The average Bonchev–Trinajstić information content (AvgIpc) is 2.11. The van der Waals surface area contributed by atoms with Crippen LogP contribution in [-0.4, -0.2) is 47.9 Å². The number of thiol groups is 2. The summed E-state index contributed by atoms with van der Waals surface area (Å²) in [6.07, 6.45) is 0.579. The van der Waals surface area contributed by atoms with Gasteiger partial charge in [0.2, 0.25) is 0 Å². The predicted molar refractivity (Wildman–Crippen MR) is 76.8 cm³/mol. The Labute approximate surface area is 119 Å². The van der Waals surface area contributed by atoms with E-state index in [4.69, 9.17) is 9.11 Å². The molecule has 0 radical (unpaired) electrons. The van der Waals surface area contributed by atoms with Gasteiger partial charge in [-0.1, -0.05) is 6.92 Å². The Morgan fingerprint density at radius 1 is 1.06 bits per heavy atom. The summed E-state index contributed by atoms with van der Waals surface area (Å²) in [6.45, 7) is 1.61. The van der Waals surface area contributed by atoms with Gasteiger partial charge in [0.05, 0.1) is 11.5 Å². The van der Waals surface area contributed by atoms with E-state index in [1.54, 1.807) is 6.92 Å². The second-order valence-electron chi connectivity index (χ2n) is 4.21. The summed E-state index contributed by atoms with van der Waals surface area (Å²) >= 11 is 8.43. The summed E-state index contributed by atoms with van der Waals surface area (Å²) in [5, 5.41) is -0.733. The zero-order chi connectivity index (χ0) is 14.6. The SMILES string of the molecule is CC(CS(=O)(=O)O)C(S)C(S)CCCS(=O)(=O)O. The zero-order valence-corrected chi connectivity index (χ0v) is 13.2. The first-order chi connectivity index (χ1) is 7.92. The lowest BCUT2D eigenvalue weighted by Gasteiger charge is -2.23. The molecule has 0 saturated carbocycles. The first kappa shape index (κ1) is 18.5. The van der Waals surface area contributed by atoms with Gasteiger partial charge in [-0.05, 0) is 18.8 Å². The summed E-state index contributed by atoms with van der Waals surface area (Å²) in [5.41, 5.74) is 0. The molecule has 0 spiro atoms. The quantitative estimate of drug-likeness (QED) is 0.385. The molecule has 0 saturated heterocycles. The van der Waals surface area contributed by atoms with E-state index < -0.39 is 37.2 Å². The molecule has 2 N–H and O–H groups in total. The van der Waals surface area contributed by atoms with E-state index in [9.17, 15) is 16.8 Å². The van der Waals surface area contributed by atoms with Crippen LogP contribution in [0, 0.1) is 5.92 Å². The molecule has 0 heterocycles. The second-order valence-corrected chi connectivity index (χ2v) is 8.54. The van der Waals surface area contributed by atoms with E-state index in [0.717, 1.165) is 0 Å². The van der Waals surface area contributed by atoms with Gasteiger partial charge in [0.15, 0.2) is 0 Å². The van der Waals surface area contributed by atoms with E-state index in [1.807, 2.05) is 0 Å². The van der Waals surface area contributed by atoms with Crippen LogP contribution in [0.15, 0.2) is 0 Å². The number of hydrogen-bond acceptors (Lipinski definition) is 6. The maximum absolute atomic E-state index is 10.7. The second kappa shape index (κ2) is 7.34. The lowest BCUT2D eigenvalue weighted by atomic mass is 10.0. The molecule has 0 aromatic heterocycles. The highest BCUT2D eigenvalue weighted by Gasteiger charge is 2.24. The molecule has 6 nitrogen and oxygen atoms in total. The van der Waals surface area contributed by atoms with Crippen LogP contribution >= 0.6 is 25.3 Å². The topological polar surface area (TPSA) is 109 Å². The number of rotatable bonds is 8. The van der Waals surface area contributed by atoms with Crippen molar-refractivity contribution >= 4 is 45.5 Å². The fourth-order valence-corrected chi connectivity index (χ4v) is 3.73. The van der Waals surface area contributed by atoms with Crippen LogP contribution in [0.1, 0.15) is 19.8 Å². The van der Waals surface area contributed by atoms with Crippen molar-refractivity contribution in [1.29, 1.82) is 0 Å².